The quantitative estimate of drug-likeness (QED) is 0.838. The second-order valence-electron chi connectivity index (χ2n) is 6.88. The largest absolute Gasteiger partial charge is 0.480 e. The molecule has 1 saturated heterocycles. The molecule has 6 heteroatoms. The predicted octanol–water partition coefficient (Wildman–Crippen LogP) is 2.23. The van der Waals surface area contributed by atoms with Gasteiger partial charge in [0.15, 0.2) is 0 Å². The molecule has 1 aliphatic carbocycles. The van der Waals surface area contributed by atoms with Crippen LogP contribution in [0.25, 0.3) is 0 Å². The van der Waals surface area contributed by atoms with Crippen molar-refractivity contribution < 1.29 is 14.7 Å². The van der Waals surface area contributed by atoms with Crippen molar-refractivity contribution in [2.45, 2.75) is 46.0 Å². The molecule has 1 heterocycles. The van der Waals surface area contributed by atoms with E-state index in [4.69, 9.17) is 0 Å². The summed E-state index contributed by atoms with van der Waals surface area (Å²) >= 11 is 1.50. The summed E-state index contributed by atoms with van der Waals surface area (Å²) in [5, 5.41) is 12.0. The van der Waals surface area contributed by atoms with E-state index in [2.05, 4.69) is 33.0 Å². The van der Waals surface area contributed by atoms with Crippen LogP contribution in [0.3, 0.4) is 0 Å². The molecule has 2 aliphatic rings. The summed E-state index contributed by atoms with van der Waals surface area (Å²) in [5.41, 5.74) is 0.440. The van der Waals surface area contributed by atoms with E-state index in [0.29, 0.717) is 18.2 Å². The van der Waals surface area contributed by atoms with Gasteiger partial charge in [0, 0.05) is 12.3 Å². The van der Waals surface area contributed by atoms with Crippen molar-refractivity contribution in [3.8, 4) is 0 Å². The molecule has 0 spiro atoms. The number of amides is 2. The average molecular weight is 300 g/mol. The Bertz CT molecular complexity index is 422. The highest BCUT2D eigenvalue weighted by atomic mass is 32.2. The van der Waals surface area contributed by atoms with E-state index in [-0.39, 0.29) is 22.2 Å². The molecule has 0 bridgehead atoms. The molecular formula is C14H24N2O3S. The van der Waals surface area contributed by atoms with E-state index in [1.54, 1.807) is 0 Å². The van der Waals surface area contributed by atoms with Gasteiger partial charge in [-0.05, 0) is 23.7 Å². The monoisotopic (exact) mass is 300 g/mol. The second kappa shape index (κ2) is 4.83. The van der Waals surface area contributed by atoms with Crippen LogP contribution in [0.4, 0.5) is 4.79 Å². The highest BCUT2D eigenvalue weighted by Crippen LogP contribution is 2.67. The maximum Gasteiger partial charge on any atom is 0.327 e. The molecule has 5 nitrogen and oxygen atoms in total. The van der Waals surface area contributed by atoms with Crippen LogP contribution >= 0.6 is 11.8 Å². The smallest absolute Gasteiger partial charge is 0.327 e. The van der Waals surface area contributed by atoms with E-state index in [9.17, 15) is 14.7 Å². The molecule has 0 aromatic rings. The fourth-order valence-electron chi connectivity index (χ4n) is 3.27. The van der Waals surface area contributed by atoms with Gasteiger partial charge in [-0.25, -0.2) is 9.59 Å². The summed E-state index contributed by atoms with van der Waals surface area (Å²) < 4.78 is 0. The number of hydrogen-bond donors (Lipinski definition) is 2. The summed E-state index contributed by atoms with van der Waals surface area (Å²) in [6.07, 6.45) is 0. The Balaban J connectivity index is 1.94. The number of urea groups is 1. The van der Waals surface area contributed by atoms with Crippen LogP contribution in [0.2, 0.25) is 0 Å². The number of hydrogen-bond acceptors (Lipinski definition) is 3. The van der Waals surface area contributed by atoms with Gasteiger partial charge in [-0.1, -0.05) is 27.7 Å². The maximum absolute atomic E-state index is 12.3. The molecule has 0 aromatic heterocycles. The molecule has 2 atom stereocenters. The van der Waals surface area contributed by atoms with Crippen molar-refractivity contribution in [1.29, 1.82) is 0 Å². The zero-order valence-electron chi connectivity index (χ0n) is 12.8. The normalized spacial score (nSPS) is 31.1. The zero-order valence-corrected chi connectivity index (χ0v) is 13.6. The molecule has 2 rings (SSSR count). The first-order valence-corrected chi connectivity index (χ1v) is 8.06. The molecule has 1 saturated carbocycles. The minimum absolute atomic E-state index is 0.0867. The Hall–Kier alpha value is -0.910. The highest BCUT2D eigenvalue weighted by Gasteiger charge is 2.64. The van der Waals surface area contributed by atoms with Crippen LogP contribution in [-0.2, 0) is 4.79 Å². The Morgan fingerprint density at radius 2 is 1.85 bits per heavy atom. The number of aliphatic carboxylic acids is 1. The number of thioether (sulfide) groups is 1. The number of nitrogens with one attached hydrogen (secondary N) is 1. The summed E-state index contributed by atoms with van der Waals surface area (Å²) in [4.78, 5) is 24.9. The molecule has 1 aliphatic heterocycles. The first kappa shape index (κ1) is 15.5. The summed E-state index contributed by atoms with van der Waals surface area (Å²) in [5.74, 6) is -0.0264. The predicted molar refractivity (Wildman–Crippen MR) is 79.6 cm³/mol. The van der Waals surface area contributed by atoms with E-state index in [0.717, 1.165) is 0 Å². The zero-order chi connectivity index (χ0) is 15.3. The Labute approximate surface area is 124 Å². The average Bonchev–Trinajstić information content (AvgIpc) is 2.64. The van der Waals surface area contributed by atoms with Gasteiger partial charge < -0.3 is 10.4 Å². The number of carboxylic acids is 1. The first-order chi connectivity index (χ1) is 9.10. The molecule has 2 fully saturated rings. The number of carboxylic acid groups (broad SMARTS) is 1. The van der Waals surface area contributed by atoms with Crippen molar-refractivity contribution in [3.63, 3.8) is 0 Å². The number of carbonyl (C=O) groups excluding carboxylic acids is 1. The molecule has 114 valence electrons. The van der Waals surface area contributed by atoms with Crippen molar-refractivity contribution in [2.24, 2.45) is 16.7 Å². The van der Waals surface area contributed by atoms with Gasteiger partial charge in [0.25, 0.3) is 0 Å². The Kier molecular flexibility index (Phi) is 3.73. The molecule has 20 heavy (non-hydrogen) atoms. The van der Waals surface area contributed by atoms with Crippen LogP contribution in [0.5, 0.6) is 0 Å². The van der Waals surface area contributed by atoms with Crippen molar-refractivity contribution >= 4 is 23.8 Å². The number of nitrogens with zero attached hydrogens (tertiary/aromatic N) is 1. The van der Waals surface area contributed by atoms with Gasteiger partial charge >= 0.3 is 12.0 Å². The minimum atomic E-state index is -0.927. The van der Waals surface area contributed by atoms with Crippen molar-refractivity contribution in [2.75, 3.05) is 12.3 Å². The van der Waals surface area contributed by atoms with E-state index >= 15 is 0 Å². The van der Waals surface area contributed by atoms with Gasteiger partial charge in [0.2, 0.25) is 0 Å². The lowest BCUT2D eigenvalue weighted by atomic mass is 10.0. The van der Waals surface area contributed by atoms with E-state index in [1.165, 1.54) is 16.7 Å². The van der Waals surface area contributed by atoms with Gasteiger partial charge in [-0.15, -0.1) is 11.8 Å². The van der Waals surface area contributed by atoms with Crippen LogP contribution in [0.15, 0.2) is 0 Å². The molecule has 0 radical (unpaired) electrons. The second-order valence-corrected chi connectivity index (χ2v) is 8.22. The van der Waals surface area contributed by atoms with Gasteiger partial charge in [-0.2, -0.15) is 0 Å². The van der Waals surface area contributed by atoms with E-state index < -0.39 is 12.0 Å². The maximum atomic E-state index is 12.3. The summed E-state index contributed by atoms with van der Waals surface area (Å²) in [7, 11) is 0. The Morgan fingerprint density at radius 1 is 1.30 bits per heavy atom. The third-order valence-electron chi connectivity index (χ3n) is 5.52. The van der Waals surface area contributed by atoms with Gasteiger partial charge in [0.05, 0.1) is 5.37 Å². The summed E-state index contributed by atoms with van der Waals surface area (Å²) in [6, 6.07) is -0.969. The third kappa shape index (κ3) is 2.28. The van der Waals surface area contributed by atoms with Gasteiger partial charge in [-0.3, -0.25) is 4.90 Å². The summed E-state index contributed by atoms with van der Waals surface area (Å²) in [6.45, 7) is 11.3. The topological polar surface area (TPSA) is 69.6 Å². The SMILES string of the molecule is CC1SCC(C(=O)O)N1C(=O)NCC1C(C)(C)C1(C)C. The standard InChI is InChI=1S/C14H24N2O3S/c1-8-16(9(7-20-8)11(17)18)12(19)15-6-10-13(2,3)14(10,4)5/h8-10H,6-7H2,1-5H3,(H,15,19)(H,17,18). The number of carbonyl (C=O) groups is 2. The van der Waals surface area contributed by atoms with E-state index in [1.807, 2.05) is 6.92 Å². The first-order valence-electron chi connectivity index (χ1n) is 7.01. The lowest BCUT2D eigenvalue weighted by Gasteiger charge is -2.25. The molecule has 2 amide bonds. The third-order valence-corrected chi connectivity index (χ3v) is 6.74. The fourth-order valence-corrected chi connectivity index (χ4v) is 4.43. The highest BCUT2D eigenvalue weighted by molar-refractivity contribution is 8.00. The van der Waals surface area contributed by atoms with Crippen LogP contribution in [0.1, 0.15) is 34.6 Å². The lowest BCUT2D eigenvalue weighted by molar-refractivity contribution is -0.141. The lowest BCUT2D eigenvalue weighted by Crippen LogP contribution is -2.50. The van der Waals surface area contributed by atoms with Gasteiger partial charge in [0.1, 0.15) is 6.04 Å². The fraction of sp³-hybridized carbons (Fsp3) is 0.857. The van der Waals surface area contributed by atoms with Crippen LogP contribution in [0, 0.1) is 16.7 Å². The number of rotatable bonds is 3. The Morgan fingerprint density at radius 3 is 2.30 bits per heavy atom. The minimum Gasteiger partial charge on any atom is -0.480 e. The molecule has 0 aromatic carbocycles. The van der Waals surface area contributed by atoms with Crippen molar-refractivity contribution in [3.05, 3.63) is 0 Å². The molecule has 2 unspecified atom stereocenters. The van der Waals surface area contributed by atoms with Crippen LogP contribution in [-0.4, -0.2) is 45.7 Å². The van der Waals surface area contributed by atoms with Crippen LogP contribution < -0.4 is 5.32 Å². The molecule has 2 N–H and O–H groups in total. The van der Waals surface area contributed by atoms with Crippen molar-refractivity contribution in [1.82, 2.24) is 10.2 Å². The molecular weight excluding hydrogens is 276 g/mol.